The molecule has 0 aromatic carbocycles. The third kappa shape index (κ3) is 10.2. The van der Waals surface area contributed by atoms with Crippen LogP contribution in [-0.2, 0) is 4.74 Å². The van der Waals surface area contributed by atoms with E-state index in [0.717, 1.165) is 31.2 Å². The van der Waals surface area contributed by atoms with Crippen molar-refractivity contribution in [3.8, 4) is 0 Å². The van der Waals surface area contributed by atoms with Gasteiger partial charge in [0.05, 0.1) is 13.2 Å². The number of unbranched alkanes of at least 4 members (excludes halogenated alkanes) is 1. The Balaban J connectivity index is 3.30. The van der Waals surface area contributed by atoms with Crippen molar-refractivity contribution in [2.45, 2.75) is 46.5 Å². The van der Waals surface area contributed by atoms with Crippen molar-refractivity contribution in [2.24, 2.45) is 5.92 Å². The van der Waals surface area contributed by atoms with Crippen LogP contribution in [0.5, 0.6) is 0 Å². The molecular weight excluding hydrogens is 198 g/mol. The van der Waals surface area contributed by atoms with Crippen molar-refractivity contribution >= 4 is 0 Å². The lowest BCUT2D eigenvalue weighted by molar-refractivity contribution is 0.156. The van der Waals surface area contributed by atoms with Crippen LogP contribution in [-0.4, -0.2) is 26.3 Å². The Morgan fingerprint density at radius 1 is 1.38 bits per heavy atom. The van der Waals surface area contributed by atoms with Crippen molar-refractivity contribution < 1.29 is 4.74 Å². The van der Waals surface area contributed by atoms with Crippen molar-refractivity contribution in [1.29, 1.82) is 0 Å². The fourth-order valence-electron chi connectivity index (χ4n) is 1.64. The molecule has 0 saturated carbocycles. The van der Waals surface area contributed by atoms with Gasteiger partial charge in [-0.25, -0.2) is 0 Å². The predicted molar refractivity (Wildman–Crippen MR) is 71.8 cm³/mol. The van der Waals surface area contributed by atoms with E-state index >= 15 is 0 Å². The highest BCUT2D eigenvalue weighted by Gasteiger charge is 2.04. The second kappa shape index (κ2) is 11.2. The van der Waals surface area contributed by atoms with Gasteiger partial charge < -0.3 is 10.1 Å². The maximum atomic E-state index is 5.43. The van der Waals surface area contributed by atoms with Gasteiger partial charge in [0.1, 0.15) is 0 Å². The third-order valence-corrected chi connectivity index (χ3v) is 2.75. The molecule has 1 N–H and O–H groups in total. The number of hydrogen-bond acceptors (Lipinski definition) is 2. The molecule has 0 heterocycles. The molecule has 0 aliphatic heterocycles. The summed E-state index contributed by atoms with van der Waals surface area (Å²) in [7, 11) is 0. The van der Waals surface area contributed by atoms with Crippen molar-refractivity contribution in [3.05, 3.63) is 12.2 Å². The zero-order chi connectivity index (χ0) is 12.2. The quantitative estimate of drug-likeness (QED) is 0.431. The van der Waals surface area contributed by atoms with Gasteiger partial charge in [0.2, 0.25) is 0 Å². The van der Waals surface area contributed by atoms with Gasteiger partial charge in [-0.15, -0.1) is 0 Å². The second-order valence-electron chi connectivity index (χ2n) is 4.63. The van der Waals surface area contributed by atoms with Crippen molar-refractivity contribution in [3.63, 3.8) is 0 Å². The van der Waals surface area contributed by atoms with E-state index in [9.17, 15) is 0 Å². The van der Waals surface area contributed by atoms with Crippen molar-refractivity contribution in [2.75, 3.05) is 26.3 Å². The average molecular weight is 227 g/mol. The van der Waals surface area contributed by atoms with Crippen LogP contribution in [0.2, 0.25) is 0 Å². The SMILES string of the molecule is C=C(C)COCCNCC(CC)CCCC. The van der Waals surface area contributed by atoms with Crippen LogP contribution in [0, 0.1) is 5.92 Å². The molecule has 0 radical (unpaired) electrons. The van der Waals surface area contributed by atoms with Gasteiger partial charge in [0.15, 0.2) is 0 Å². The zero-order valence-electron chi connectivity index (χ0n) is 11.3. The first kappa shape index (κ1) is 15.7. The van der Waals surface area contributed by atoms with Crippen LogP contribution in [0.25, 0.3) is 0 Å². The first-order chi connectivity index (χ1) is 7.70. The zero-order valence-corrected chi connectivity index (χ0v) is 11.3. The van der Waals surface area contributed by atoms with Gasteiger partial charge in [-0.3, -0.25) is 0 Å². The molecule has 0 spiro atoms. The van der Waals surface area contributed by atoms with Gasteiger partial charge in [0.25, 0.3) is 0 Å². The predicted octanol–water partition coefficient (Wildman–Crippen LogP) is 3.39. The highest BCUT2D eigenvalue weighted by atomic mass is 16.5. The Bertz CT molecular complexity index is 168. The van der Waals surface area contributed by atoms with Crippen LogP contribution < -0.4 is 5.32 Å². The van der Waals surface area contributed by atoms with Crippen LogP contribution >= 0.6 is 0 Å². The van der Waals surface area contributed by atoms with Gasteiger partial charge >= 0.3 is 0 Å². The van der Waals surface area contributed by atoms with Crippen LogP contribution in [0.3, 0.4) is 0 Å². The molecule has 0 aromatic rings. The first-order valence-corrected chi connectivity index (χ1v) is 6.63. The molecule has 96 valence electrons. The summed E-state index contributed by atoms with van der Waals surface area (Å²) in [5.41, 5.74) is 1.09. The summed E-state index contributed by atoms with van der Waals surface area (Å²) >= 11 is 0. The van der Waals surface area contributed by atoms with Gasteiger partial charge in [-0.05, 0) is 25.8 Å². The van der Waals surface area contributed by atoms with E-state index < -0.39 is 0 Å². The molecule has 1 atom stereocenters. The van der Waals surface area contributed by atoms with Crippen molar-refractivity contribution in [1.82, 2.24) is 5.32 Å². The van der Waals surface area contributed by atoms with Gasteiger partial charge in [0, 0.05) is 6.54 Å². The maximum absolute atomic E-state index is 5.43. The Morgan fingerprint density at radius 2 is 2.12 bits per heavy atom. The molecule has 0 aliphatic rings. The molecule has 0 bridgehead atoms. The molecular formula is C14H29NO. The van der Waals surface area contributed by atoms with E-state index in [-0.39, 0.29) is 0 Å². The smallest absolute Gasteiger partial charge is 0.0672 e. The topological polar surface area (TPSA) is 21.3 Å². The number of ether oxygens (including phenoxy) is 1. The molecule has 1 unspecified atom stereocenters. The Hall–Kier alpha value is -0.340. The highest BCUT2D eigenvalue weighted by Crippen LogP contribution is 2.10. The maximum Gasteiger partial charge on any atom is 0.0672 e. The lowest BCUT2D eigenvalue weighted by Crippen LogP contribution is -2.26. The molecule has 0 amide bonds. The Labute approximate surface area is 101 Å². The number of nitrogens with one attached hydrogen (secondary N) is 1. The minimum Gasteiger partial charge on any atom is -0.376 e. The normalized spacial score (nSPS) is 12.7. The van der Waals surface area contributed by atoms with E-state index in [0.29, 0.717) is 6.61 Å². The fourth-order valence-corrected chi connectivity index (χ4v) is 1.64. The first-order valence-electron chi connectivity index (χ1n) is 6.63. The summed E-state index contributed by atoms with van der Waals surface area (Å²) in [6.45, 7) is 13.9. The summed E-state index contributed by atoms with van der Waals surface area (Å²) in [6, 6.07) is 0. The van der Waals surface area contributed by atoms with E-state index in [4.69, 9.17) is 4.74 Å². The standard InChI is InChI=1S/C14H29NO/c1-5-7-8-14(6-2)11-15-9-10-16-12-13(3)4/h14-15H,3,5-12H2,1-2,4H3. The van der Waals surface area contributed by atoms with Crippen LogP contribution in [0.1, 0.15) is 46.5 Å². The minimum absolute atomic E-state index is 0.689. The van der Waals surface area contributed by atoms with Crippen LogP contribution in [0.15, 0.2) is 12.2 Å². The lowest BCUT2D eigenvalue weighted by Gasteiger charge is -2.15. The summed E-state index contributed by atoms with van der Waals surface area (Å²) in [5.74, 6) is 0.834. The van der Waals surface area contributed by atoms with E-state index in [1.807, 2.05) is 6.92 Å². The summed E-state index contributed by atoms with van der Waals surface area (Å²) < 4.78 is 5.43. The van der Waals surface area contributed by atoms with Gasteiger partial charge in [-0.1, -0.05) is 45.3 Å². The molecule has 0 rings (SSSR count). The molecule has 0 saturated heterocycles. The molecule has 16 heavy (non-hydrogen) atoms. The van der Waals surface area contributed by atoms with E-state index in [2.05, 4.69) is 25.7 Å². The monoisotopic (exact) mass is 227 g/mol. The molecule has 2 nitrogen and oxygen atoms in total. The number of rotatable bonds is 11. The molecule has 2 heteroatoms. The Morgan fingerprint density at radius 3 is 2.69 bits per heavy atom. The summed E-state index contributed by atoms with van der Waals surface area (Å²) in [4.78, 5) is 0. The minimum atomic E-state index is 0.689. The second-order valence-corrected chi connectivity index (χ2v) is 4.63. The lowest BCUT2D eigenvalue weighted by atomic mass is 9.99. The third-order valence-electron chi connectivity index (χ3n) is 2.75. The average Bonchev–Trinajstić information content (AvgIpc) is 2.26. The summed E-state index contributed by atoms with van der Waals surface area (Å²) in [6.07, 6.45) is 5.29. The van der Waals surface area contributed by atoms with Crippen LogP contribution in [0.4, 0.5) is 0 Å². The Kier molecular flexibility index (Phi) is 10.9. The summed E-state index contributed by atoms with van der Waals surface area (Å²) in [5, 5.41) is 3.46. The van der Waals surface area contributed by atoms with E-state index in [1.54, 1.807) is 0 Å². The fraction of sp³-hybridized carbons (Fsp3) is 0.857. The largest absolute Gasteiger partial charge is 0.376 e. The molecule has 0 aliphatic carbocycles. The van der Waals surface area contributed by atoms with E-state index in [1.165, 1.54) is 25.7 Å². The molecule has 0 fully saturated rings. The molecule has 0 aromatic heterocycles. The highest BCUT2D eigenvalue weighted by molar-refractivity contribution is 4.87. The van der Waals surface area contributed by atoms with Gasteiger partial charge in [-0.2, -0.15) is 0 Å². The number of hydrogen-bond donors (Lipinski definition) is 1.